The summed E-state index contributed by atoms with van der Waals surface area (Å²) in [5, 5.41) is 2.67. The van der Waals surface area contributed by atoms with Gasteiger partial charge in [0.2, 0.25) is 0 Å². The summed E-state index contributed by atoms with van der Waals surface area (Å²) < 4.78 is 26.3. The number of hydrogen-bond acceptors (Lipinski definition) is 1. The number of amides is 1. The minimum Gasteiger partial charge on any atom is -0.345 e. The summed E-state index contributed by atoms with van der Waals surface area (Å²) in [6, 6.07) is 11.0. The molecule has 0 radical (unpaired) electrons. The van der Waals surface area contributed by atoms with Gasteiger partial charge in [-0.2, -0.15) is 0 Å². The van der Waals surface area contributed by atoms with Crippen LogP contribution < -0.4 is 5.32 Å². The second-order valence-corrected chi connectivity index (χ2v) is 4.22. The number of nitrogens with one attached hydrogen (secondary N) is 1. The van der Waals surface area contributed by atoms with Crippen LogP contribution in [0.4, 0.5) is 8.78 Å². The van der Waals surface area contributed by atoms with Gasteiger partial charge in [0.15, 0.2) is 0 Å². The molecule has 0 bridgehead atoms. The lowest BCUT2D eigenvalue weighted by Crippen LogP contribution is -2.27. The molecule has 0 aliphatic rings. The standard InChI is InChI=1S/C15H13F2NO/c1-10(13-4-2-3-5-14(13)17)18-15(19)11-6-8-12(16)9-7-11/h2-10H,1H3,(H,18,19). The number of hydrogen-bond donors (Lipinski definition) is 1. The lowest BCUT2D eigenvalue weighted by atomic mass is 10.1. The number of rotatable bonds is 3. The quantitative estimate of drug-likeness (QED) is 0.900. The van der Waals surface area contributed by atoms with E-state index >= 15 is 0 Å². The summed E-state index contributed by atoms with van der Waals surface area (Å²) >= 11 is 0. The second-order valence-electron chi connectivity index (χ2n) is 4.22. The highest BCUT2D eigenvalue weighted by atomic mass is 19.1. The van der Waals surface area contributed by atoms with Crippen LogP contribution in [0.3, 0.4) is 0 Å². The molecule has 1 unspecified atom stereocenters. The van der Waals surface area contributed by atoms with Gasteiger partial charge in [0, 0.05) is 11.1 Å². The highest BCUT2D eigenvalue weighted by Crippen LogP contribution is 2.16. The Morgan fingerprint density at radius 1 is 1.05 bits per heavy atom. The molecule has 0 heterocycles. The molecule has 0 spiro atoms. The van der Waals surface area contributed by atoms with Crippen LogP contribution in [0.25, 0.3) is 0 Å². The van der Waals surface area contributed by atoms with Gasteiger partial charge in [0.05, 0.1) is 6.04 Å². The molecule has 0 aliphatic heterocycles. The lowest BCUT2D eigenvalue weighted by molar-refractivity contribution is 0.0939. The molecule has 98 valence electrons. The van der Waals surface area contributed by atoms with Crippen molar-refractivity contribution in [3.63, 3.8) is 0 Å². The van der Waals surface area contributed by atoms with Gasteiger partial charge in [-0.3, -0.25) is 4.79 Å². The highest BCUT2D eigenvalue weighted by molar-refractivity contribution is 5.94. The summed E-state index contributed by atoms with van der Waals surface area (Å²) in [6.07, 6.45) is 0. The van der Waals surface area contributed by atoms with Gasteiger partial charge in [-0.05, 0) is 37.3 Å². The summed E-state index contributed by atoms with van der Waals surface area (Å²) in [7, 11) is 0. The van der Waals surface area contributed by atoms with Crippen LogP contribution in [-0.4, -0.2) is 5.91 Å². The third kappa shape index (κ3) is 3.16. The van der Waals surface area contributed by atoms with Crippen LogP contribution in [0, 0.1) is 11.6 Å². The summed E-state index contributed by atoms with van der Waals surface area (Å²) in [5.41, 5.74) is 0.752. The molecule has 19 heavy (non-hydrogen) atoms. The Bertz CT molecular complexity index is 581. The van der Waals surface area contributed by atoms with Crippen molar-refractivity contribution in [2.24, 2.45) is 0 Å². The van der Waals surface area contributed by atoms with Crippen LogP contribution >= 0.6 is 0 Å². The zero-order valence-corrected chi connectivity index (χ0v) is 10.4. The first-order valence-corrected chi connectivity index (χ1v) is 5.89. The van der Waals surface area contributed by atoms with Crippen molar-refractivity contribution in [1.82, 2.24) is 5.32 Å². The van der Waals surface area contributed by atoms with E-state index < -0.39 is 11.9 Å². The number of carbonyl (C=O) groups is 1. The lowest BCUT2D eigenvalue weighted by Gasteiger charge is -2.15. The van der Waals surface area contributed by atoms with Gasteiger partial charge < -0.3 is 5.32 Å². The smallest absolute Gasteiger partial charge is 0.251 e. The van der Waals surface area contributed by atoms with E-state index in [2.05, 4.69) is 5.32 Å². The molecule has 2 rings (SSSR count). The van der Waals surface area contributed by atoms with Crippen molar-refractivity contribution in [2.75, 3.05) is 0 Å². The van der Waals surface area contributed by atoms with Crippen molar-refractivity contribution >= 4 is 5.91 Å². The van der Waals surface area contributed by atoms with E-state index in [0.29, 0.717) is 11.1 Å². The summed E-state index contributed by atoms with van der Waals surface area (Å²) in [6.45, 7) is 1.69. The Labute approximate surface area is 110 Å². The predicted molar refractivity (Wildman–Crippen MR) is 68.7 cm³/mol. The highest BCUT2D eigenvalue weighted by Gasteiger charge is 2.14. The molecule has 0 saturated heterocycles. The fraction of sp³-hybridized carbons (Fsp3) is 0.133. The molecule has 1 amide bonds. The first-order valence-electron chi connectivity index (χ1n) is 5.89. The van der Waals surface area contributed by atoms with Crippen molar-refractivity contribution in [1.29, 1.82) is 0 Å². The maximum atomic E-state index is 13.5. The Kier molecular flexibility index (Phi) is 3.90. The van der Waals surface area contributed by atoms with Gasteiger partial charge in [0.25, 0.3) is 5.91 Å². The van der Waals surface area contributed by atoms with E-state index in [0.717, 1.165) is 0 Å². The topological polar surface area (TPSA) is 29.1 Å². The van der Waals surface area contributed by atoms with E-state index in [-0.39, 0.29) is 11.7 Å². The van der Waals surface area contributed by atoms with Gasteiger partial charge in [-0.1, -0.05) is 18.2 Å². The summed E-state index contributed by atoms with van der Waals surface area (Å²) in [5.74, 6) is -1.14. The third-order valence-corrected chi connectivity index (χ3v) is 2.83. The van der Waals surface area contributed by atoms with Gasteiger partial charge in [-0.25, -0.2) is 8.78 Å². The Morgan fingerprint density at radius 2 is 1.68 bits per heavy atom. The van der Waals surface area contributed by atoms with Crippen molar-refractivity contribution in [3.05, 3.63) is 71.3 Å². The molecule has 1 N–H and O–H groups in total. The second kappa shape index (κ2) is 5.61. The minimum atomic E-state index is -0.459. The maximum absolute atomic E-state index is 13.5. The van der Waals surface area contributed by atoms with Gasteiger partial charge in [0.1, 0.15) is 11.6 Å². The molecule has 1 atom stereocenters. The normalized spacial score (nSPS) is 11.9. The molecule has 0 fully saturated rings. The minimum absolute atomic E-state index is 0.338. The number of halogens is 2. The van der Waals surface area contributed by atoms with Gasteiger partial charge in [-0.15, -0.1) is 0 Å². The monoisotopic (exact) mass is 261 g/mol. The Balaban J connectivity index is 2.11. The van der Waals surface area contributed by atoms with Crippen LogP contribution in [-0.2, 0) is 0 Å². The number of carbonyl (C=O) groups excluding carboxylic acids is 1. The molecule has 0 aromatic heterocycles. The summed E-state index contributed by atoms with van der Waals surface area (Å²) in [4.78, 5) is 11.9. The zero-order valence-electron chi connectivity index (χ0n) is 10.4. The fourth-order valence-corrected chi connectivity index (χ4v) is 1.79. The molecule has 2 nitrogen and oxygen atoms in total. The average Bonchev–Trinajstić information content (AvgIpc) is 2.39. The largest absolute Gasteiger partial charge is 0.345 e. The first-order chi connectivity index (χ1) is 9.08. The number of benzene rings is 2. The van der Waals surface area contributed by atoms with E-state index in [9.17, 15) is 13.6 Å². The van der Waals surface area contributed by atoms with E-state index in [1.165, 1.54) is 30.3 Å². The molecule has 2 aromatic carbocycles. The average molecular weight is 261 g/mol. The van der Waals surface area contributed by atoms with E-state index in [1.807, 2.05) is 0 Å². The fourth-order valence-electron chi connectivity index (χ4n) is 1.79. The van der Waals surface area contributed by atoms with Crippen molar-refractivity contribution in [3.8, 4) is 0 Å². The molecule has 0 aliphatic carbocycles. The predicted octanol–water partition coefficient (Wildman–Crippen LogP) is 3.46. The molecule has 0 saturated carbocycles. The zero-order chi connectivity index (χ0) is 13.8. The SMILES string of the molecule is CC(NC(=O)c1ccc(F)cc1)c1ccccc1F. The maximum Gasteiger partial charge on any atom is 0.251 e. The molecule has 2 aromatic rings. The Morgan fingerprint density at radius 3 is 2.32 bits per heavy atom. The van der Waals surface area contributed by atoms with Crippen molar-refractivity contribution < 1.29 is 13.6 Å². The van der Waals surface area contributed by atoms with E-state index in [1.54, 1.807) is 25.1 Å². The van der Waals surface area contributed by atoms with Crippen LogP contribution in [0.2, 0.25) is 0 Å². The van der Waals surface area contributed by atoms with Gasteiger partial charge >= 0.3 is 0 Å². The van der Waals surface area contributed by atoms with E-state index in [4.69, 9.17) is 0 Å². The first kappa shape index (κ1) is 13.2. The van der Waals surface area contributed by atoms with Crippen molar-refractivity contribution in [2.45, 2.75) is 13.0 Å². The van der Waals surface area contributed by atoms with Crippen LogP contribution in [0.1, 0.15) is 28.9 Å². The Hall–Kier alpha value is -2.23. The third-order valence-electron chi connectivity index (χ3n) is 2.83. The molecular weight excluding hydrogens is 248 g/mol. The van der Waals surface area contributed by atoms with Crippen LogP contribution in [0.5, 0.6) is 0 Å². The van der Waals surface area contributed by atoms with Crippen LogP contribution in [0.15, 0.2) is 48.5 Å². The molecule has 4 heteroatoms. The molecular formula is C15H13F2NO.